The SMILES string of the molecule is Cc1ccc(C)c(N=c2scc(-c3cc4ccccc4o3)n2N=Cc2ccncc2)c1. The number of hydrogen-bond acceptors (Lipinski definition) is 5. The molecule has 0 bridgehead atoms. The molecule has 0 amide bonds. The summed E-state index contributed by atoms with van der Waals surface area (Å²) in [6, 6.07) is 20.1. The molecule has 0 atom stereocenters. The van der Waals surface area contributed by atoms with Crippen LogP contribution >= 0.6 is 11.3 Å². The van der Waals surface area contributed by atoms with Crippen LogP contribution in [0.5, 0.6) is 0 Å². The Hall–Kier alpha value is -3.77. The van der Waals surface area contributed by atoms with Crippen molar-refractivity contribution in [1.82, 2.24) is 9.66 Å². The number of fused-ring (bicyclic) bond motifs is 1. The maximum atomic E-state index is 6.11. The quantitative estimate of drug-likeness (QED) is 0.328. The van der Waals surface area contributed by atoms with Gasteiger partial charge in [0.2, 0.25) is 4.80 Å². The molecule has 3 heterocycles. The molecule has 0 unspecified atom stereocenters. The van der Waals surface area contributed by atoms with E-state index in [4.69, 9.17) is 14.5 Å². The van der Waals surface area contributed by atoms with Crippen LogP contribution in [0.1, 0.15) is 16.7 Å². The average Bonchev–Trinajstić information content (AvgIpc) is 3.39. The Bertz CT molecular complexity index is 1420. The molecule has 0 aliphatic rings. The molecule has 0 saturated heterocycles. The second-order valence-electron chi connectivity index (χ2n) is 7.29. The van der Waals surface area contributed by atoms with Crippen LogP contribution in [-0.2, 0) is 0 Å². The Labute approximate surface area is 183 Å². The van der Waals surface area contributed by atoms with Crippen LogP contribution in [0.2, 0.25) is 0 Å². The molecule has 2 aromatic carbocycles. The average molecular weight is 425 g/mol. The third-order valence-corrected chi connectivity index (χ3v) is 5.79. The summed E-state index contributed by atoms with van der Waals surface area (Å²) in [7, 11) is 0. The van der Waals surface area contributed by atoms with Crippen LogP contribution in [0.4, 0.5) is 5.69 Å². The molecule has 6 heteroatoms. The van der Waals surface area contributed by atoms with E-state index in [2.05, 4.69) is 37.0 Å². The first-order valence-corrected chi connectivity index (χ1v) is 10.8. The summed E-state index contributed by atoms with van der Waals surface area (Å²) in [6.45, 7) is 4.14. The van der Waals surface area contributed by atoms with Crippen molar-refractivity contribution in [3.8, 4) is 11.5 Å². The summed E-state index contributed by atoms with van der Waals surface area (Å²) in [6.07, 6.45) is 5.31. The van der Waals surface area contributed by atoms with Gasteiger partial charge in [-0.25, -0.2) is 9.67 Å². The second-order valence-corrected chi connectivity index (χ2v) is 8.13. The lowest BCUT2D eigenvalue weighted by molar-refractivity contribution is 0.622. The predicted octanol–water partition coefficient (Wildman–Crippen LogP) is 6.09. The first-order valence-electron chi connectivity index (χ1n) is 9.93. The Morgan fingerprint density at radius 2 is 1.84 bits per heavy atom. The zero-order valence-corrected chi connectivity index (χ0v) is 18.0. The first-order chi connectivity index (χ1) is 15.2. The summed E-state index contributed by atoms with van der Waals surface area (Å²) in [5.74, 6) is 0.756. The molecule has 0 fully saturated rings. The third-order valence-electron chi connectivity index (χ3n) is 4.97. The smallest absolute Gasteiger partial charge is 0.211 e. The van der Waals surface area contributed by atoms with E-state index in [9.17, 15) is 0 Å². The van der Waals surface area contributed by atoms with E-state index < -0.39 is 0 Å². The van der Waals surface area contributed by atoms with Crippen molar-refractivity contribution in [1.29, 1.82) is 0 Å². The molecule has 0 saturated carbocycles. The van der Waals surface area contributed by atoms with Crippen LogP contribution in [-0.4, -0.2) is 15.9 Å². The highest BCUT2D eigenvalue weighted by atomic mass is 32.1. The van der Waals surface area contributed by atoms with Crippen molar-refractivity contribution in [3.63, 3.8) is 0 Å². The lowest BCUT2D eigenvalue weighted by atomic mass is 10.1. The minimum atomic E-state index is 0.756. The van der Waals surface area contributed by atoms with Gasteiger partial charge >= 0.3 is 0 Å². The Morgan fingerprint density at radius 1 is 1.00 bits per heavy atom. The highest BCUT2D eigenvalue weighted by Crippen LogP contribution is 2.28. The normalized spacial score (nSPS) is 12.3. The minimum absolute atomic E-state index is 0.756. The number of hydrogen-bond donors (Lipinski definition) is 0. The van der Waals surface area contributed by atoms with Crippen molar-refractivity contribution < 1.29 is 4.42 Å². The van der Waals surface area contributed by atoms with Gasteiger partial charge in [-0.15, -0.1) is 11.3 Å². The highest BCUT2D eigenvalue weighted by Gasteiger charge is 2.13. The van der Waals surface area contributed by atoms with Gasteiger partial charge in [0, 0.05) is 23.2 Å². The summed E-state index contributed by atoms with van der Waals surface area (Å²) >= 11 is 1.54. The van der Waals surface area contributed by atoms with Crippen LogP contribution in [0, 0.1) is 13.8 Å². The number of rotatable bonds is 4. The fraction of sp³-hybridized carbons (Fsp3) is 0.0800. The molecule has 0 aliphatic heterocycles. The maximum absolute atomic E-state index is 6.11. The second kappa shape index (κ2) is 8.16. The van der Waals surface area contributed by atoms with Crippen LogP contribution in [0.25, 0.3) is 22.4 Å². The summed E-state index contributed by atoms with van der Waals surface area (Å²) in [4.78, 5) is 9.77. The number of aromatic nitrogens is 2. The predicted molar refractivity (Wildman–Crippen MR) is 126 cm³/mol. The number of furan rings is 1. The molecule has 0 aliphatic carbocycles. The van der Waals surface area contributed by atoms with Crippen LogP contribution in [0.15, 0.2) is 92.9 Å². The molecule has 5 rings (SSSR count). The summed E-state index contributed by atoms with van der Waals surface area (Å²) in [5, 5.41) is 7.84. The number of pyridine rings is 1. The number of benzene rings is 2. The van der Waals surface area contributed by atoms with Crippen molar-refractivity contribution in [2.24, 2.45) is 10.1 Å². The summed E-state index contributed by atoms with van der Waals surface area (Å²) < 4.78 is 7.95. The number of nitrogens with zero attached hydrogens (tertiary/aromatic N) is 4. The molecule has 5 nitrogen and oxygen atoms in total. The van der Waals surface area contributed by atoms with Gasteiger partial charge in [0.15, 0.2) is 5.76 Å². The highest BCUT2D eigenvalue weighted by molar-refractivity contribution is 7.07. The fourth-order valence-corrected chi connectivity index (χ4v) is 4.11. The van der Waals surface area contributed by atoms with Gasteiger partial charge in [0.1, 0.15) is 11.3 Å². The molecule has 5 aromatic rings. The standard InChI is InChI=1S/C25H20N4OS/c1-17-7-8-18(2)21(13-17)28-25-29(27-15-19-9-11-26-12-10-19)22(16-31-25)24-14-20-5-3-4-6-23(20)30-24/h3-16H,1-2H3. The number of aryl methyl sites for hydroxylation is 2. The molecule has 0 spiro atoms. The molecular formula is C25H20N4OS. The van der Waals surface area contributed by atoms with Gasteiger partial charge in [-0.2, -0.15) is 5.10 Å². The van der Waals surface area contributed by atoms with E-state index in [0.29, 0.717) is 0 Å². The zero-order chi connectivity index (χ0) is 21.2. The molecule has 31 heavy (non-hydrogen) atoms. The molecule has 152 valence electrons. The fourth-order valence-electron chi connectivity index (χ4n) is 3.28. The van der Waals surface area contributed by atoms with Crippen molar-refractivity contribution in [2.75, 3.05) is 0 Å². The van der Waals surface area contributed by atoms with Gasteiger partial charge < -0.3 is 4.42 Å². The monoisotopic (exact) mass is 424 g/mol. The lowest BCUT2D eigenvalue weighted by Gasteiger charge is -2.03. The Morgan fingerprint density at radius 3 is 2.68 bits per heavy atom. The van der Waals surface area contributed by atoms with E-state index in [1.165, 1.54) is 16.9 Å². The molecule has 0 N–H and O–H groups in total. The van der Waals surface area contributed by atoms with Crippen molar-refractivity contribution >= 4 is 34.2 Å². The van der Waals surface area contributed by atoms with E-state index in [-0.39, 0.29) is 0 Å². The zero-order valence-electron chi connectivity index (χ0n) is 17.2. The van der Waals surface area contributed by atoms with E-state index in [1.807, 2.05) is 58.7 Å². The van der Waals surface area contributed by atoms with Crippen molar-refractivity contribution in [3.05, 3.63) is 99.9 Å². The van der Waals surface area contributed by atoms with Gasteiger partial charge in [-0.3, -0.25) is 4.98 Å². The first kappa shape index (κ1) is 19.2. The van der Waals surface area contributed by atoms with Crippen molar-refractivity contribution in [2.45, 2.75) is 13.8 Å². The van der Waals surface area contributed by atoms with Crippen LogP contribution in [0.3, 0.4) is 0 Å². The van der Waals surface area contributed by atoms with E-state index in [1.54, 1.807) is 12.4 Å². The van der Waals surface area contributed by atoms with E-state index >= 15 is 0 Å². The van der Waals surface area contributed by atoms with Gasteiger partial charge in [-0.05, 0) is 60.9 Å². The molecular weight excluding hydrogens is 404 g/mol. The number of para-hydroxylation sites is 1. The maximum Gasteiger partial charge on any atom is 0.211 e. The van der Waals surface area contributed by atoms with E-state index in [0.717, 1.165) is 44.0 Å². The van der Waals surface area contributed by atoms with Gasteiger partial charge in [0.05, 0.1) is 11.9 Å². The largest absolute Gasteiger partial charge is 0.454 e. The molecule has 0 radical (unpaired) electrons. The minimum Gasteiger partial charge on any atom is -0.454 e. The lowest BCUT2D eigenvalue weighted by Crippen LogP contribution is -2.11. The topological polar surface area (TPSA) is 55.7 Å². The third kappa shape index (κ3) is 3.98. The number of thiazole rings is 1. The van der Waals surface area contributed by atoms with Crippen LogP contribution < -0.4 is 4.80 Å². The van der Waals surface area contributed by atoms with Gasteiger partial charge in [-0.1, -0.05) is 30.3 Å². The molecule has 3 aromatic heterocycles. The Balaban J connectivity index is 1.69. The summed E-state index contributed by atoms with van der Waals surface area (Å²) in [5.41, 5.74) is 5.89. The van der Waals surface area contributed by atoms with Gasteiger partial charge in [0.25, 0.3) is 0 Å². The Kier molecular flexibility index (Phi) is 5.06.